The summed E-state index contributed by atoms with van der Waals surface area (Å²) in [4.78, 5) is 12.1. The van der Waals surface area contributed by atoms with Crippen LogP contribution in [0.3, 0.4) is 0 Å². The van der Waals surface area contributed by atoms with Crippen molar-refractivity contribution in [3.05, 3.63) is 76.5 Å². The quantitative estimate of drug-likeness (QED) is 0.732. The van der Waals surface area contributed by atoms with Gasteiger partial charge in [0.2, 0.25) is 5.89 Å². The van der Waals surface area contributed by atoms with Gasteiger partial charge in [0.15, 0.2) is 0 Å². The van der Waals surface area contributed by atoms with Crippen molar-refractivity contribution in [1.82, 2.24) is 15.5 Å². The molecule has 0 aliphatic carbocycles. The fourth-order valence-corrected chi connectivity index (χ4v) is 2.46. The number of benzene rings is 2. The van der Waals surface area contributed by atoms with Gasteiger partial charge in [0.25, 0.3) is 0 Å². The lowest BCUT2D eigenvalue weighted by Crippen LogP contribution is -2.23. The highest BCUT2D eigenvalue weighted by atomic mass is 35.5. The minimum absolute atomic E-state index is 0.0788. The molecule has 1 amide bonds. The molecule has 0 aliphatic heterocycles. The van der Waals surface area contributed by atoms with Crippen LogP contribution in [0.1, 0.15) is 27.7 Å². The molecule has 1 heterocycles. The first kappa shape index (κ1) is 17.0. The zero-order valence-electron chi connectivity index (χ0n) is 13.5. The lowest BCUT2D eigenvalue weighted by molar-refractivity contribution is 0.0914. The van der Waals surface area contributed by atoms with Gasteiger partial charge in [0, 0.05) is 11.6 Å². The van der Waals surface area contributed by atoms with E-state index in [4.69, 9.17) is 20.8 Å². The van der Waals surface area contributed by atoms with E-state index in [1.54, 1.807) is 13.2 Å². The van der Waals surface area contributed by atoms with Gasteiger partial charge in [-0.3, -0.25) is 4.79 Å². The zero-order chi connectivity index (χ0) is 17.6. The average molecular weight is 358 g/mol. The summed E-state index contributed by atoms with van der Waals surface area (Å²) in [5, 5.41) is 11.0. The maximum Gasteiger partial charge on any atom is 0.309 e. The number of rotatable bonds is 6. The number of methoxy groups -OCH3 is 1. The molecule has 0 spiro atoms. The van der Waals surface area contributed by atoms with Gasteiger partial charge in [0.05, 0.1) is 13.5 Å². The van der Waals surface area contributed by atoms with E-state index in [1.807, 2.05) is 42.5 Å². The summed E-state index contributed by atoms with van der Waals surface area (Å²) in [6.07, 6.45) is 0.371. The van der Waals surface area contributed by atoms with E-state index >= 15 is 0 Å². The summed E-state index contributed by atoms with van der Waals surface area (Å²) in [6.45, 7) is 0.332. The van der Waals surface area contributed by atoms with Crippen LogP contribution in [-0.4, -0.2) is 23.2 Å². The van der Waals surface area contributed by atoms with Crippen LogP contribution in [0.5, 0.6) is 5.75 Å². The predicted molar refractivity (Wildman–Crippen MR) is 92.7 cm³/mol. The van der Waals surface area contributed by atoms with Crippen LogP contribution in [0.15, 0.2) is 52.9 Å². The van der Waals surface area contributed by atoms with E-state index in [0.29, 0.717) is 23.9 Å². The highest BCUT2D eigenvalue weighted by molar-refractivity contribution is 6.31. The normalized spacial score (nSPS) is 10.5. The minimum Gasteiger partial charge on any atom is -0.497 e. The number of ether oxygens (including phenoxy) is 1. The Morgan fingerprint density at radius 3 is 2.84 bits per heavy atom. The van der Waals surface area contributed by atoms with Gasteiger partial charge in [0.1, 0.15) is 5.75 Å². The van der Waals surface area contributed by atoms with Crippen molar-refractivity contribution in [1.29, 1.82) is 0 Å². The number of carbonyl (C=O) groups is 1. The van der Waals surface area contributed by atoms with Gasteiger partial charge in [-0.05, 0) is 29.3 Å². The second-order valence-electron chi connectivity index (χ2n) is 5.30. The third-order valence-electron chi connectivity index (χ3n) is 3.55. The van der Waals surface area contributed by atoms with E-state index in [9.17, 15) is 4.79 Å². The van der Waals surface area contributed by atoms with Crippen LogP contribution < -0.4 is 10.1 Å². The second-order valence-corrected chi connectivity index (χ2v) is 5.71. The van der Waals surface area contributed by atoms with E-state index in [1.165, 1.54) is 0 Å². The van der Waals surface area contributed by atoms with Crippen LogP contribution >= 0.6 is 11.6 Å². The molecule has 0 atom stereocenters. The Hall–Kier alpha value is -2.86. The van der Waals surface area contributed by atoms with E-state index in [-0.39, 0.29) is 5.89 Å². The number of hydrogen-bond donors (Lipinski definition) is 1. The third kappa shape index (κ3) is 4.36. The number of aromatic nitrogens is 2. The molecule has 0 saturated carbocycles. The number of amides is 1. The molecule has 1 aromatic heterocycles. The van der Waals surface area contributed by atoms with Crippen molar-refractivity contribution in [3.63, 3.8) is 0 Å². The fraction of sp³-hybridized carbons (Fsp3) is 0.167. The zero-order valence-corrected chi connectivity index (χ0v) is 14.3. The summed E-state index contributed by atoms with van der Waals surface area (Å²) >= 11 is 6.11. The first-order chi connectivity index (χ1) is 12.2. The molecule has 128 valence electrons. The van der Waals surface area contributed by atoms with Crippen LogP contribution in [0.25, 0.3) is 0 Å². The smallest absolute Gasteiger partial charge is 0.309 e. The maximum absolute atomic E-state index is 12.1. The molecule has 3 aromatic rings. The van der Waals surface area contributed by atoms with E-state index in [0.717, 1.165) is 16.9 Å². The van der Waals surface area contributed by atoms with Crippen LogP contribution in [0, 0.1) is 0 Å². The lowest BCUT2D eigenvalue weighted by atomic mass is 10.1. The Balaban J connectivity index is 1.61. The number of nitrogens with zero attached hydrogens (tertiary/aromatic N) is 2. The van der Waals surface area contributed by atoms with Gasteiger partial charge >= 0.3 is 11.8 Å². The van der Waals surface area contributed by atoms with Crippen LogP contribution in [0.2, 0.25) is 5.02 Å². The molecule has 0 radical (unpaired) electrons. The molecule has 1 N–H and O–H groups in total. The lowest BCUT2D eigenvalue weighted by Gasteiger charge is -2.05. The fourth-order valence-electron chi connectivity index (χ4n) is 2.26. The van der Waals surface area contributed by atoms with Gasteiger partial charge in [-0.15, -0.1) is 10.2 Å². The SMILES string of the molecule is COc1cccc(CNC(=O)c2nnc(Cc3ccccc3Cl)o2)c1. The summed E-state index contributed by atoms with van der Waals surface area (Å²) in [7, 11) is 1.59. The molecule has 0 bridgehead atoms. The van der Waals surface area contributed by atoms with Crippen molar-refractivity contribution in [2.45, 2.75) is 13.0 Å². The van der Waals surface area contributed by atoms with Crippen molar-refractivity contribution < 1.29 is 13.9 Å². The van der Waals surface area contributed by atoms with E-state index in [2.05, 4.69) is 15.5 Å². The van der Waals surface area contributed by atoms with Gasteiger partial charge in [-0.2, -0.15) is 0 Å². The van der Waals surface area contributed by atoms with Crippen molar-refractivity contribution in [2.24, 2.45) is 0 Å². The highest BCUT2D eigenvalue weighted by Crippen LogP contribution is 2.18. The molecule has 0 unspecified atom stereocenters. The van der Waals surface area contributed by atoms with Gasteiger partial charge < -0.3 is 14.5 Å². The number of nitrogens with one attached hydrogen (secondary N) is 1. The molecular formula is C18H16ClN3O3. The Morgan fingerprint density at radius 2 is 2.04 bits per heavy atom. The molecule has 7 heteroatoms. The molecule has 0 saturated heterocycles. The van der Waals surface area contributed by atoms with Gasteiger partial charge in [-0.25, -0.2) is 0 Å². The number of carbonyl (C=O) groups excluding carboxylic acids is 1. The topological polar surface area (TPSA) is 77.2 Å². The predicted octanol–water partition coefficient (Wildman–Crippen LogP) is 3.25. The summed E-state index contributed by atoms with van der Waals surface area (Å²) in [5.74, 6) is 0.553. The maximum atomic E-state index is 12.1. The van der Waals surface area contributed by atoms with Crippen molar-refractivity contribution in [2.75, 3.05) is 7.11 Å². The number of halogens is 1. The number of hydrogen-bond acceptors (Lipinski definition) is 5. The largest absolute Gasteiger partial charge is 0.497 e. The van der Waals surface area contributed by atoms with Crippen LogP contribution in [-0.2, 0) is 13.0 Å². The minimum atomic E-state index is -0.430. The molecule has 2 aromatic carbocycles. The van der Waals surface area contributed by atoms with Crippen molar-refractivity contribution in [3.8, 4) is 5.75 Å². The Bertz CT molecular complexity index is 879. The molecule has 3 rings (SSSR count). The Kier molecular flexibility index (Phi) is 5.30. The third-order valence-corrected chi connectivity index (χ3v) is 3.92. The Labute approximate surface area is 149 Å². The molecule has 25 heavy (non-hydrogen) atoms. The monoisotopic (exact) mass is 357 g/mol. The molecular weight excluding hydrogens is 342 g/mol. The summed E-state index contributed by atoms with van der Waals surface area (Å²) in [5.41, 5.74) is 1.76. The first-order valence-corrected chi connectivity index (χ1v) is 8.00. The Morgan fingerprint density at radius 1 is 1.20 bits per heavy atom. The highest BCUT2D eigenvalue weighted by Gasteiger charge is 2.15. The van der Waals surface area contributed by atoms with E-state index < -0.39 is 5.91 Å². The van der Waals surface area contributed by atoms with Crippen LogP contribution in [0.4, 0.5) is 0 Å². The van der Waals surface area contributed by atoms with Crippen molar-refractivity contribution >= 4 is 17.5 Å². The standard InChI is InChI=1S/C18H16ClN3O3/c1-24-14-7-4-5-12(9-14)11-20-17(23)18-22-21-16(25-18)10-13-6-2-3-8-15(13)19/h2-9H,10-11H2,1H3,(H,20,23). The second kappa shape index (κ2) is 7.81. The first-order valence-electron chi connectivity index (χ1n) is 7.62. The summed E-state index contributed by atoms with van der Waals surface area (Å²) in [6, 6.07) is 14.8. The van der Waals surface area contributed by atoms with Gasteiger partial charge in [-0.1, -0.05) is 41.9 Å². The molecule has 0 aliphatic rings. The average Bonchev–Trinajstić information content (AvgIpc) is 3.10. The summed E-state index contributed by atoms with van der Waals surface area (Å²) < 4.78 is 10.6. The molecule has 0 fully saturated rings. The molecule has 6 nitrogen and oxygen atoms in total.